The summed E-state index contributed by atoms with van der Waals surface area (Å²) < 4.78 is 20.2. The summed E-state index contributed by atoms with van der Waals surface area (Å²) >= 11 is 0. The minimum absolute atomic E-state index is 0.144. The highest BCUT2D eigenvalue weighted by atomic mass is 19.1. The molecular formula is C25H26FN3O3. The fourth-order valence-electron chi connectivity index (χ4n) is 3.99. The average Bonchev–Trinajstić information content (AvgIpc) is 3.25. The van der Waals surface area contributed by atoms with E-state index in [-0.39, 0.29) is 23.6 Å². The lowest BCUT2D eigenvalue weighted by molar-refractivity contribution is -0.149. The smallest absolute Gasteiger partial charge is 0.309 e. The molecule has 1 aromatic heterocycles. The number of benzene rings is 2. The molecule has 0 unspecified atom stereocenters. The molecule has 6 nitrogen and oxygen atoms in total. The number of nitrogens with zero attached hydrogens (tertiary/aromatic N) is 3. The van der Waals surface area contributed by atoms with Gasteiger partial charge in [-0.15, -0.1) is 0 Å². The lowest BCUT2D eigenvalue weighted by atomic mass is 9.97. The number of hydrogen-bond acceptors (Lipinski definition) is 4. The van der Waals surface area contributed by atoms with Crippen LogP contribution in [-0.2, 0) is 9.53 Å². The normalized spacial score (nSPS) is 14.4. The Kier molecular flexibility index (Phi) is 6.35. The van der Waals surface area contributed by atoms with Gasteiger partial charge in [0.1, 0.15) is 11.5 Å². The molecule has 2 heterocycles. The first-order valence-corrected chi connectivity index (χ1v) is 10.8. The van der Waals surface area contributed by atoms with Crippen LogP contribution >= 0.6 is 0 Å². The number of aryl methyl sites for hydroxylation is 1. The third-order valence-corrected chi connectivity index (χ3v) is 5.72. The number of likely N-dealkylation sites (tertiary alicyclic amines) is 1. The second kappa shape index (κ2) is 9.34. The number of carbonyl (C=O) groups is 2. The molecule has 2 aromatic carbocycles. The van der Waals surface area contributed by atoms with Crippen molar-refractivity contribution in [1.82, 2.24) is 14.7 Å². The topological polar surface area (TPSA) is 64.4 Å². The summed E-state index contributed by atoms with van der Waals surface area (Å²) in [5, 5.41) is 4.68. The number of rotatable bonds is 5. The number of hydrogen-bond donors (Lipinski definition) is 0. The molecule has 0 bridgehead atoms. The van der Waals surface area contributed by atoms with Crippen LogP contribution in [0.25, 0.3) is 16.9 Å². The van der Waals surface area contributed by atoms with E-state index in [1.165, 1.54) is 12.1 Å². The van der Waals surface area contributed by atoms with E-state index < -0.39 is 0 Å². The van der Waals surface area contributed by atoms with E-state index in [4.69, 9.17) is 4.74 Å². The zero-order valence-electron chi connectivity index (χ0n) is 18.3. The molecule has 4 rings (SSSR count). The lowest BCUT2D eigenvalue weighted by Crippen LogP contribution is -2.41. The molecule has 166 valence electrons. The van der Waals surface area contributed by atoms with Crippen LogP contribution in [0, 0.1) is 18.7 Å². The fourth-order valence-corrected chi connectivity index (χ4v) is 3.99. The van der Waals surface area contributed by atoms with E-state index in [2.05, 4.69) is 5.10 Å². The lowest BCUT2D eigenvalue weighted by Gasteiger charge is -2.30. The van der Waals surface area contributed by atoms with Crippen molar-refractivity contribution in [2.24, 2.45) is 5.92 Å². The summed E-state index contributed by atoms with van der Waals surface area (Å²) in [7, 11) is 0. The van der Waals surface area contributed by atoms with Gasteiger partial charge in [0.25, 0.3) is 5.91 Å². The predicted octanol–water partition coefficient (Wildman–Crippen LogP) is 4.40. The number of aromatic nitrogens is 2. The van der Waals surface area contributed by atoms with E-state index in [1.807, 2.05) is 31.2 Å². The van der Waals surface area contributed by atoms with Crippen LogP contribution in [0.3, 0.4) is 0 Å². The maximum atomic E-state index is 13.5. The van der Waals surface area contributed by atoms with E-state index in [9.17, 15) is 14.0 Å². The molecule has 1 aliphatic rings. The van der Waals surface area contributed by atoms with Crippen LogP contribution in [0.15, 0.2) is 54.6 Å². The van der Waals surface area contributed by atoms with Gasteiger partial charge >= 0.3 is 5.97 Å². The van der Waals surface area contributed by atoms with Crippen LogP contribution < -0.4 is 0 Å². The second-order valence-corrected chi connectivity index (χ2v) is 7.99. The van der Waals surface area contributed by atoms with E-state index in [0.29, 0.717) is 43.9 Å². The maximum Gasteiger partial charge on any atom is 0.309 e. The Bertz CT molecular complexity index is 1120. The molecular weight excluding hydrogens is 409 g/mol. The van der Waals surface area contributed by atoms with Gasteiger partial charge in [-0.05, 0) is 74.7 Å². The molecule has 1 amide bonds. The van der Waals surface area contributed by atoms with Crippen LogP contribution in [0.1, 0.15) is 35.8 Å². The molecule has 1 aliphatic heterocycles. The summed E-state index contributed by atoms with van der Waals surface area (Å²) in [6, 6.07) is 15.6. The quantitative estimate of drug-likeness (QED) is 0.557. The Morgan fingerprint density at radius 2 is 1.81 bits per heavy atom. The van der Waals surface area contributed by atoms with Gasteiger partial charge in [0, 0.05) is 18.7 Å². The first-order chi connectivity index (χ1) is 15.5. The minimum atomic E-state index is -0.326. The molecule has 0 radical (unpaired) electrons. The molecule has 0 atom stereocenters. The Labute approximate surface area is 186 Å². The van der Waals surface area contributed by atoms with Gasteiger partial charge in [-0.3, -0.25) is 9.59 Å². The van der Waals surface area contributed by atoms with Gasteiger partial charge in [0.05, 0.1) is 23.9 Å². The average molecular weight is 435 g/mol. The molecule has 1 saturated heterocycles. The zero-order chi connectivity index (χ0) is 22.7. The Morgan fingerprint density at radius 1 is 1.09 bits per heavy atom. The van der Waals surface area contributed by atoms with E-state index in [0.717, 1.165) is 16.8 Å². The van der Waals surface area contributed by atoms with Gasteiger partial charge in [0.15, 0.2) is 0 Å². The van der Waals surface area contributed by atoms with E-state index >= 15 is 0 Å². The van der Waals surface area contributed by atoms with Crippen LogP contribution in [0.2, 0.25) is 0 Å². The number of ether oxygens (including phenoxy) is 1. The highest BCUT2D eigenvalue weighted by molar-refractivity contribution is 5.94. The van der Waals surface area contributed by atoms with Crippen molar-refractivity contribution < 1.29 is 18.7 Å². The van der Waals surface area contributed by atoms with Crippen molar-refractivity contribution in [3.63, 3.8) is 0 Å². The number of carbonyl (C=O) groups excluding carboxylic acids is 2. The summed E-state index contributed by atoms with van der Waals surface area (Å²) in [6.45, 7) is 5.09. The van der Waals surface area contributed by atoms with Crippen LogP contribution in [-0.4, -0.2) is 46.3 Å². The third-order valence-electron chi connectivity index (χ3n) is 5.72. The number of esters is 1. The predicted molar refractivity (Wildman–Crippen MR) is 119 cm³/mol. The van der Waals surface area contributed by atoms with Crippen LogP contribution in [0.5, 0.6) is 0 Å². The largest absolute Gasteiger partial charge is 0.466 e. The van der Waals surface area contributed by atoms with Crippen molar-refractivity contribution >= 4 is 11.9 Å². The fraction of sp³-hybridized carbons (Fsp3) is 0.320. The Morgan fingerprint density at radius 3 is 2.47 bits per heavy atom. The van der Waals surface area contributed by atoms with Crippen LogP contribution in [0.4, 0.5) is 4.39 Å². The van der Waals surface area contributed by atoms with Crippen molar-refractivity contribution in [3.8, 4) is 16.9 Å². The summed E-state index contributed by atoms with van der Waals surface area (Å²) in [6.07, 6.45) is 1.15. The summed E-state index contributed by atoms with van der Waals surface area (Å²) in [4.78, 5) is 27.3. The van der Waals surface area contributed by atoms with Crippen molar-refractivity contribution in [1.29, 1.82) is 0 Å². The maximum absolute atomic E-state index is 13.5. The monoisotopic (exact) mass is 435 g/mol. The highest BCUT2D eigenvalue weighted by Crippen LogP contribution is 2.26. The number of amides is 1. The molecule has 0 N–H and O–H groups in total. The first kappa shape index (κ1) is 21.7. The molecule has 1 fully saturated rings. The molecule has 0 spiro atoms. The minimum Gasteiger partial charge on any atom is -0.466 e. The van der Waals surface area contributed by atoms with Gasteiger partial charge in [-0.1, -0.05) is 12.1 Å². The molecule has 0 saturated carbocycles. The first-order valence-electron chi connectivity index (χ1n) is 10.8. The van der Waals surface area contributed by atoms with Gasteiger partial charge < -0.3 is 9.64 Å². The second-order valence-electron chi connectivity index (χ2n) is 7.99. The molecule has 7 heteroatoms. The molecule has 3 aromatic rings. The molecule has 32 heavy (non-hydrogen) atoms. The highest BCUT2D eigenvalue weighted by Gasteiger charge is 2.30. The van der Waals surface area contributed by atoms with Crippen molar-refractivity contribution in [2.45, 2.75) is 26.7 Å². The van der Waals surface area contributed by atoms with Crippen molar-refractivity contribution in [2.75, 3.05) is 19.7 Å². The third kappa shape index (κ3) is 4.56. The number of piperidine rings is 1. The Hall–Kier alpha value is -3.48. The standard InChI is InChI=1S/C25H26FN3O3/c1-3-32-25(31)19-11-13-28(14-12-19)24(30)23-16-22(18-7-9-20(26)10-8-18)27-29(23)21-6-4-5-17(2)15-21/h4-10,15-16,19H,3,11-14H2,1-2H3. The molecule has 0 aliphatic carbocycles. The van der Waals surface area contributed by atoms with Crippen molar-refractivity contribution in [3.05, 3.63) is 71.7 Å². The van der Waals surface area contributed by atoms with Gasteiger partial charge in [0.2, 0.25) is 0 Å². The van der Waals surface area contributed by atoms with Gasteiger partial charge in [-0.2, -0.15) is 5.10 Å². The Balaban J connectivity index is 1.64. The number of halogens is 1. The zero-order valence-corrected chi connectivity index (χ0v) is 18.3. The summed E-state index contributed by atoms with van der Waals surface area (Å²) in [5.74, 6) is -0.833. The SMILES string of the molecule is CCOC(=O)C1CCN(C(=O)c2cc(-c3ccc(F)cc3)nn2-c2cccc(C)c2)CC1. The summed E-state index contributed by atoms with van der Waals surface area (Å²) in [5.41, 5.74) is 3.59. The van der Waals surface area contributed by atoms with E-state index in [1.54, 1.807) is 34.7 Å². The van der Waals surface area contributed by atoms with Gasteiger partial charge in [-0.25, -0.2) is 9.07 Å².